The Morgan fingerprint density at radius 1 is 1.00 bits per heavy atom. The number of halogens is 2. The van der Waals surface area contributed by atoms with E-state index in [2.05, 4.69) is 10.6 Å². The number of nitrogens with one attached hydrogen (secondary N) is 2. The lowest BCUT2D eigenvalue weighted by Gasteiger charge is -2.09. The van der Waals surface area contributed by atoms with Crippen molar-refractivity contribution in [1.82, 2.24) is 5.32 Å². The first kappa shape index (κ1) is 16.8. The molecule has 3 rings (SSSR count). The summed E-state index contributed by atoms with van der Waals surface area (Å²) >= 11 is 12.1. The van der Waals surface area contributed by atoms with E-state index in [1.54, 1.807) is 42.5 Å². The third kappa shape index (κ3) is 4.28. The average molecular weight is 363 g/mol. The summed E-state index contributed by atoms with van der Waals surface area (Å²) in [6, 6.07) is 12.2. The molecular weight excluding hydrogens is 347 g/mol. The van der Waals surface area contributed by atoms with Gasteiger partial charge in [0.1, 0.15) is 0 Å². The maximum Gasteiger partial charge on any atom is 0.251 e. The van der Waals surface area contributed by atoms with Crippen molar-refractivity contribution in [3.05, 3.63) is 63.6 Å². The van der Waals surface area contributed by atoms with Gasteiger partial charge in [-0.05, 0) is 54.8 Å². The fourth-order valence-corrected chi connectivity index (χ4v) is 2.80. The SMILES string of the molecule is O=C(Cc1c(Cl)cccc1Cl)Nc1ccc(C(=O)NC2CC2)cc1. The van der Waals surface area contributed by atoms with E-state index in [1.807, 2.05) is 0 Å². The van der Waals surface area contributed by atoms with Crippen molar-refractivity contribution >= 4 is 40.7 Å². The molecule has 0 radical (unpaired) electrons. The lowest BCUT2D eigenvalue weighted by Crippen LogP contribution is -2.25. The van der Waals surface area contributed by atoms with Crippen LogP contribution in [-0.4, -0.2) is 17.9 Å². The largest absolute Gasteiger partial charge is 0.349 e. The second-order valence-electron chi connectivity index (χ2n) is 5.75. The third-order valence-electron chi connectivity index (χ3n) is 3.74. The van der Waals surface area contributed by atoms with Crippen molar-refractivity contribution in [2.24, 2.45) is 0 Å². The summed E-state index contributed by atoms with van der Waals surface area (Å²) in [6.07, 6.45) is 2.18. The van der Waals surface area contributed by atoms with E-state index >= 15 is 0 Å². The molecular formula is C18H16Cl2N2O2. The van der Waals surface area contributed by atoms with E-state index in [0.717, 1.165) is 12.8 Å². The lowest BCUT2D eigenvalue weighted by molar-refractivity contribution is -0.115. The van der Waals surface area contributed by atoms with Crippen LogP contribution in [0.2, 0.25) is 10.0 Å². The van der Waals surface area contributed by atoms with Crippen LogP contribution in [0.4, 0.5) is 5.69 Å². The molecule has 0 unspecified atom stereocenters. The Balaban J connectivity index is 1.61. The smallest absolute Gasteiger partial charge is 0.251 e. The van der Waals surface area contributed by atoms with Crippen LogP contribution in [0.25, 0.3) is 0 Å². The standard InChI is InChI=1S/C18H16Cl2N2O2/c19-15-2-1-3-16(20)14(15)10-17(23)21-12-6-4-11(5-7-12)18(24)22-13-8-9-13/h1-7,13H,8-10H2,(H,21,23)(H,22,24). The van der Waals surface area contributed by atoms with E-state index < -0.39 is 0 Å². The summed E-state index contributed by atoms with van der Waals surface area (Å²) in [5.74, 6) is -0.307. The maximum absolute atomic E-state index is 12.2. The third-order valence-corrected chi connectivity index (χ3v) is 4.45. The Hall–Kier alpha value is -2.04. The molecule has 0 spiro atoms. The van der Waals surface area contributed by atoms with Crippen LogP contribution in [-0.2, 0) is 11.2 Å². The molecule has 2 amide bonds. The molecule has 1 fully saturated rings. The molecule has 2 aromatic rings. The molecule has 0 atom stereocenters. The van der Waals surface area contributed by atoms with Crippen molar-refractivity contribution < 1.29 is 9.59 Å². The first-order valence-corrected chi connectivity index (χ1v) is 8.42. The molecule has 0 saturated heterocycles. The minimum atomic E-state index is -0.222. The van der Waals surface area contributed by atoms with Gasteiger partial charge in [-0.1, -0.05) is 29.3 Å². The Bertz CT molecular complexity index is 751. The molecule has 124 valence electrons. The summed E-state index contributed by atoms with van der Waals surface area (Å²) in [5.41, 5.74) is 1.79. The highest BCUT2D eigenvalue weighted by Gasteiger charge is 2.23. The monoisotopic (exact) mass is 362 g/mol. The van der Waals surface area contributed by atoms with E-state index in [9.17, 15) is 9.59 Å². The number of benzene rings is 2. The zero-order chi connectivity index (χ0) is 17.1. The van der Waals surface area contributed by atoms with Gasteiger partial charge in [-0.15, -0.1) is 0 Å². The average Bonchev–Trinajstić information content (AvgIpc) is 3.36. The van der Waals surface area contributed by atoms with Crippen LogP contribution < -0.4 is 10.6 Å². The normalized spacial score (nSPS) is 13.4. The fraction of sp³-hybridized carbons (Fsp3) is 0.222. The minimum Gasteiger partial charge on any atom is -0.349 e. The molecule has 4 nitrogen and oxygen atoms in total. The molecule has 1 aliphatic carbocycles. The molecule has 24 heavy (non-hydrogen) atoms. The quantitative estimate of drug-likeness (QED) is 0.842. The van der Waals surface area contributed by atoms with Gasteiger partial charge < -0.3 is 10.6 Å². The molecule has 0 aliphatic heterocycles. The number of hydrogen-bond acceptors (Lipinski definition) is 2. The van der Waals surface area contributed by atoms with Crippen molar-refractivity contribution in [1.29, 1.82) is 0 Å². The van der Waals surface area contributed by atoms with Crippen LogP contribution in [0.5, 0.6) is 0 Å². The van der Waals surface area contributed by atoms with Crippen LogP contribution in [0.1, 0.15) is 28.8 Å². The van der Waals surface area contributed by atoms with Crippen molar-refractivity contribution in [3.8, 4) is 0 Å². The van der Waals surface area contributed by atoms with Gasteiger partial charge in [0.15, 0.2) is 0 Å². The minimum absolute atomic E-state index is 0.0850. The predicted octanol–water partition coefficient (Wildman–Crippen LogP) is 4.07. The van der Waals surface area contributed by atoms with Gasteiger partial charge in [0.05, 0.1) is 6.42 Å². The van der Waals surface area contributed by atoms with Gasteiger partial charge in [0.25, 0.3) is 5.91 Å². The lowest BCUT2D eigenvalue weighted by atomic mass is 10.1. The molecule has 0 bridgehead atoms. The second-order valence-corrected chi connectivity index (χ2v) is 6.56. The fourth-order valence-electron chi connectivity index (χ4n) is 2.27. The Morgan fingerprint density at radius 2 is 1.62 bits per heavy atom. The van der Waals surface area contributed by atoms with Gasteiger partial charge in [-0.3, -0.25) is 9.59 Å². The molecule has 1 saturated carbocycles. The number of carbonyl (C=O) groups is 2. The van der Waals surface area contributed by atoms with Crippen LogP contribution in [0.15, 0.2) is 42.5 Å². The van der Waals surface area contributed by atoms with Crippen molar-refractivity contribution in [3.63, 3.8) is 0 Å². The number of anilines is 1. The predicted molar refractivity (Wildman–Crippen MR) is 95.7 cm³/mol. The molecule has 0 heterocycles. The molecule has 2 N–H and O–H groups in total. The summed E-state index contributed by atoms with van der Waals surface area (Å²) in [4.78, 5) is 24.1. The van der Waals surface area contributed by atoms with Gasteiger partial charge in [0.2, 0.25) is 5.91 Å². The highest BCUT2D eigenvalue weighted by Crippen LogP contribution is 2.25. The zero-order valence-electron chi connectivity index (χ0n) is 12.8. The number of hydrogen-bond donors (Lipinski definition) is 2. The van der Waals surface area contributed by atoms with Crippen LogP contribution in [0.3, 0.4) is 0 Å². The maximum atomic E-state index is 12.2. The number of rotatable bonds is 5. The molecule has 0 aromatic heterocycles. The van der Waals surface area contributed by atoms with Gasteiger partial charge in [-0.25, -0.2) is 0 Å². The zero-order valence-corrected chi connectivity index (χ0v) is 14.3. The number of amides is 2. The second kappa shape index (κ2) is 7.24. The van der Waals surface area contributed by atoms with Gasteiger partial charge >= 0.3 is 0 Å². The first-order chi connectivity index (χ1) is 11.5. The van der Waals surface area contributed by atoms with E-state index in [0.29, 0.717) is 32.9 Å². The van der Waals surface area contributed by atoms with Gasteiger partial charge in [0, 0.05) is 27.3 Å². The Labute approximate surface area is 150 Å². The highest BCUT2D eigenvalue weighted by atomic mass is 35.5. The first-order valence-electron chi connectivity index (χ1n) is 7.66. The summed E-state index contributed by atoms with van der Waals surface area (Å²) in [7, 11) is 0. The molecule has 6 heteroatoms. The van der Waals surface area contributed by atoms with Gasteiger partial charge in [-0.2, -0.15) is 0 Å². The Morgan fingerprint density at radius 3 is 2.21 bits per heavy atom. The molecule has 2 aromatic carbocycles. The Kier molecular flexibility index (Phi) is 5.07. The van der Waals surface area contributed by atoms with Crippen LogP contribution >= 0.6 is 23.2 Å². The highest BCUT2D eigenvalue weighted by molar-refractivity contribution is 6.36. The van der Waals surface area contributed by atoms with Crippen molar-refractivity contribution in [2.75, 3.05) is 5.32 Å². The summed E-state index contributed by atoms with van der Waals surface area (Å²) in [5, 5.41) is 6.62. The summed E-state index contributed by atoms with van der Waals surface area (Å²) in [6.45, 7) is 0. The van der Waals surface area contributed by atoms with E-state index in [1.165, 1.54) is 0 Å². The van der Waals surface area contributed by atoms with E-state index in [-0.39, 0.29) is 18.2 Å². The van der Waals surface area contributed by atoms with Crippen LogP contribution in [0, 0.1) is 0 Å². The van der Waals surface area contributed by atoms with E-state index in [4.69, 9.17) is 23.2 Å². The topological polar surface area (TPSA) is 58.2 Å². The molecule has 1 aliphatic rings. The summed E-state index contributed by atoms with van der Waals surface area (Å²) < 4.78 is 0. The number of carbonyl (C=O) groups excluding carboxylic acids is 2. The van der Waals surface area contributed by atoms with Crippen molar-refractivity contribution in [2.45, 2.75) is 25.3 Å².